The zero-order chi connectivity index (χ0) is 41.3. The summed E-state index contributed by atoms with van der Waals surface area (Å²) in [6.45, 7) is 17.0. The Labute approximate surface area is 355 Å². The monoisotopic (exact) mass is 798 g/mol. The molecule has 0 aromatic heterocycles. The summed E-state index contributed by atoms with van der Waals surface area (Å²) < 4.78 is 2.49. The quantitative estimate of drug-likeness (QED) is 0.0746. The van der Waals surface area contributed by atoms with Crippen LogP contribution in [-0.4, -0.2) is 47.5 Å². The highest BCUT2D eigenvalue weighted by atomic mass is 32.1. The van der Waals surface area contributed by atoms with Gasteiger partial charge in [0, 0.05) is 65.4 Å². The SMILES string of the molecule is CCN1C(=CC=C2CCCC(C=CC3=[N+](CC)c4ccc5ccccc5c4C3(C)C)=C2NCCNC(=S)NC(=O)c2ccccc2)C(C)(C)c2c1ccc1ccccc21. The summed E-state index contributed by atoms with van der Waals surface area (Å²) in [7, 11) is 0. The third kappa shape index (κ3) is 7.42. The Morgan fingerprint density at radius 3 is 2.15 bits per heavy atom. The molecule has 0 unspecified atom stereocenters. The van der Waals surface area contributed by atoms with E-state index < -0.39 is 0 Å². The predicted molar refractivity (Wildman–Crippen MR) is 251 cm³/mol. The van der Waals surface area contributed by atoms with Crippen LogP contribution in [0, 0.1) is 0 Å². The van der Waals surface area contributed by atoms with Gasteiger partial charge in [-0.2, -0.15) is 4.58 Å². The van der Waals surface area contributed by atoms with E-state index in [1.807, 2.05) is 18.2 Å². The Kier molecular flexibility index (Phi) is 11.2. The van der Waals surface area contributed by atoms with Crippen LogP contribution < -0.4 is 20.9 Å². The molecule has 5 aromatic rings. The second-order valence-electron chi connectivity index (χ2n) is 16.8. The van der Waals surface area contributed by atoms with E-state index in [0.29, 0.717) is 23.8 Å². The first kappa shape index (κ1) is 40.0. The Morgan fingerprint density at radius 1 is 0.763 bits per heavy atom. The molecule has 0 bridgehead atoms. The normalized spacial score (nSPS) is 18.3. The lowest BCUT2D eigenvalue weighted by atomic mass is 9.78. The third-order valence-electron chi connectivity index (χ3n) is 12.5. The molecule has 0 radical (unpaired) electrons. The molecule has 0 saturated carbocycles. The number of carbonyl (C=O) groups is 1. The van der Waals surface area contributed by atoms with E-state index >= 15 is 0 Å². The smallest absolute Gasteiger partial charge is 0.257 e. The molecule has 2 aliphatic heterocycles. The molecule has 1 amide bonds. The summed E-state index contributed by atoms with van der Waals surface area (Å²) in [6.07, 6.45) is 12.5. The van der Waals surface area contributed by atoms with Crippen molar-refractivity contribution in [2.75, 3.05) is 31.1 Å². The largest absolute Gasteiger partial charge is 0.383 e. The maximum Gasteiger partial charge on any atom is 0.257 e. The minimum Gasteiger partial charge on any atom is -0.383 e. The lowest BCUT2D eigenvalue weighted by Crippen LogP contribution is -2.42. The molecular weight excluding hydrogens is 743 g/mol. The van der Waals surface area contributed by atoms with Crippen molar-refractivity contribution in [1.82, 2.24) is 16.0 Å². The van der Waals surface area contributed by atoms with Crippen LogP contribution in [0.2, 0.25) is 0 Å². The lowest BCUT2D eigenvalue weighted by Gasteiger charge is -2.27. The number of fused-ring (bicyclic) bond motifs is 6. The fourth-order valence-corrected chi connectivity index (χ4v) is 9.96. The van der Waals surface area contributed by atoms with Crippen molar-refractivity contribution < 1.29 is 9.37 Å². The van der Waals surface area contributed by atoms with Crippen LogP contribution in [0.25, 0.3) is 21.5 Å². The molecule has 1 aliphatic carbocycles. The Hall–Kier alpha value is -5.79. The first-order valence-electron chi connectivity index (χ1n) is 21.2. The predicted octanol–water partition coefficient (Wildman–Crippen LogP) is 10.9. The van der Waals surface area contributed by atoms with E-state index in [9.17, 15) is 4.79 Å². The summed E-state index contributed by atoms with van der Waals surface area (Å²) in [5, 5.41) is 15.5. The standard InChI is InChI=1S/C52H55N5OS/c1-7-56-42-29-25-35-17-12-14-23-40(35)46(42)51(3,4)44(56)31-27-37-21-16-22-38(48(37)53-33-34-54-50(59)55-49(58)39-19-10-9-11-20-39)28-32-45-52(5,6)47-41-24-15-13-18-36(41)26-30-43(47)57(45)8-2/h9-15,17-20,23-32H,7-8,16,21-22,33-34H2,1-6H3,(H2,54,55,58,59)/p+1. The molecule has 0 atom stereocenters. The molecular formula is C52H56N5OS+. The Balaban J connectivity index is 1.13. The van der Waals surface area contributed by atoms with Gasteiger partial charge in [0.15, 0.2) is 10.8 Å². The highest BCUT2D eigenvalue weighted by Crippen LogP contribution is 2.51. The number of thiocarbonyl (C=S) groups is 1. The van der Waals surface area contributed by atoms with Crippen molar-refractivity contribution in [2.45, 2.75) is 71.6 Å². The van der Waals surface area contributed by atoms with Crippen molar-refractivity contribution in [2.24, 2.45) is 0 Å². The number of nitrogens with zero attached hydrogens (tertiary/aromatic N) is 2. The van der Waals surface area contributed by atoms with Gasteiger partial charge < -0.3 is 15.5 Å². The second kappa shape index (κ2) is 16.5. The molecule has 8 rings (SSSR count). The van der Waals surface area contributed by atoms with Crippen LogP contribution in [0.15, 0.2) is 150 Å². The van der Waals surface area contributed by atoms with E-state index in [1.54, 1.807) is 12.1 Å². The fourth-order valence-electron chi connectivity index (χ4n) is 9.77. The number of hydrogen-bond acceptors (Lipinski definition) is 4. The van der Waals surface area contributed by atoms with Crippen molar-refractivity contribution in [3.8, 4) is 0 Å². The van der Waals surface area contributed by atoms with Gasteiger partial charge in [0.25, 0.3) is 5.91 Å². The molecule has 2 heterocycles. The van der Waals surface area contributed by atoms with Crippen LogP contribution in [0.3, 0.4) is 0 Å². The number of rotatable bonds is 10. The van der Waals surface area contributed by atoms with Crippen LogP contribution >= 0.6 is 12.2 Å². The molecule has 6 nitrogen and oxygen atoms in total. The van der Waals surface area contributed by atoms with Crippen LogP contribution in [-0.2, 0) is 10.8 Å². The highest BCUT2D eigenvalue weighted by molar-refractivity contribution is 7.80. The van der Waals surface area contributed by atoms with Gasteiger partial charge in [-0.1, -0.05) is 98.8 Å². The molecule has 3 N–H and O–H groups in total. The molecule has 7 heteroatoms. The summed E-state index contributed by atoms with van der Waals surface area (Å²) >= 11 is 5.53. The van der Waals surface area contributed by atoms with Gasteiger partial charge in [0.1, 0.15) is 6.54 Å². The van der Waals surface area contributed by atoms with Gasteiger partial charge >= 0.3 is 0 Å². The first-order chi connectivity index (χ1) is 28.5. The first-order valence-corrected chi connectivity index (χ1v) is 21.6. The average molecular weight is 799 g/mol. The van der Waals surface area contributed by atoms with Gasteiger partial charge in [-0.15, -0.1) is 0 Å². The summed E-state index contributed by atoms with van der Waals surface area (Å²) in [6, 6.07) is 35.8. The molecule has 0 saturated heterocycles. The van der Waals surface area contributed by atoms with E-state index in [4.69, 9.17) is 12.2 Å². The number of anilines is 1. The van der Waals surface area contributed by atoms with Crippen molar-refractivity contribution in [1.29, 1.82) is 0 Å². The molecule has 0 spiro atoms. The Bertz CT molecular complexity index is 2630. The minimum atomic E-state index is -0.216. The van der Waals surface area contributed by atoms with Gasteiger partial charge in [0.05, 0.1) is 5.41 Å². The number of nitrogens with one attached hydrogen (secondary N) is 3. The van der Waals surface area contributed by atoms with Crippen molar-refractivity contribution in [3.05, 3.63) is 167 Å². The fraction of sp³-hybridized carbons (Fsp3) is 0.288. The minimum absolute atomic E-state index is 0.171. The average Bonchev–Trinajstić information content (AvgIpc) is 3.62. The maximum atomic E-state index is 12.7. The van der Waals surface area contributed by atoms with Crippen molar-refractivity contribution >= 4 is 61.9 Å². The Morgan fingerprint density at radius 2 is 1.44 bits per heavy atom. The van der Waals surface area contributed by atoms with Gasteiger partial charge in [-0.25, -0.2) is 0 Å². The summed E-state index contributed by atoms with van der Waals surface area (Å²) in [5.41, 5.74) is 12.0. The number of hydrogen-bond donors (Lipinski definition) is 3. The zero-order valence-electron chi connectivity index (χ0n) is 35.3. The molecule has 0 fully saturated rings. The third-order valence-corrected chi connectivity index (χ3v) is 12.8. The van der Waals surface area contributed by atoms with E-state index in [1.165, 1.54) is 72.3 Å². The number of carbonyl (C=O) groups excluding carboxylic acids is 1. The second-order valence-corrected chi connectivity index (χ2v) is 17.2. The summed E-state index contributed by atoms with van der Waals surface area (Å²) in [4.78, 5) is 15.2. The van der Waals surface area contributed by atoms with Gasteiger partial charge in [-0.05, 0) is 128 Å². The topological polar surface area (TPSA) is 59.4 Å². The van der Waals surface area contributed by atoms with Gasteiger partial charge in [0.2, 0.25) is 5.69 Å². The number of amides is 1. The van der Waals surface area contributed by atoms with Crippen LogP contribution in [0.4, 0.5) is 11.4 Å². The van der Waals surface area contributed by atoms with Crippen LogP contribution in [0.5, 0.6) is 0 Å². The number of allylic oxidation sites excluding steroid dienone is 7. The molecule has 5 aromatic carbocycles. The summed E-state index contributed by atoms with van der Waals surface area (Å²) in [5.74, 6) is -0.216. The van der Waals surface area contributed by atoms with E-state index in [0.717, 1.165) is 32.4 Å². The zero-order valence-corrected chi connectivity index (χ0v) is 36.1. The highest BCUT2D eigenvalue weighted by Gasteiger charge is 2.45. The number of likely N-dealkylation sites (N-methyl/N-ethyl adjacent to an activating group) is 1. The molecule has 3 aliphatic rings. The van der Waals surface area contributed by atoms with Gasteiger partial charge in [-0.3, -0.25) is 10.1 Å². The number of benzene rings is 5. The van der Waals surface area contributed by atoms with Crippen LogP contribution in [0.1, 0.15) is 82.3 Å². The molecule has 300 valence electrons. The maximum absolute atomic E-state index is 12.7. The van der Waals surface area contributed by atoms with E-state index in [2.05, 4.69) is 164 Å². The lowest BCUT2D eigenvalue weighted by molar-refractivity contribution is -0.433. The van der Waals surface area contributed by atoms with E-state index in [-0.39, 0.29) is 16.7 Å². The van der Waals surface area contributed by atoms with Crippen molar-refractivity contribution in [3.63, 3.8) is 0 Å². The molecule has 59 heavy (non-hydrogen) atoms.